The third kappa shape index (κ3) is 9.62. The summed E-state index contributed by atoms with van der Waals surface area (Å²) >= 11 is 0. The zero-order valence-corrected chi connectivity index (χ0v) is 18.7. The molecule has 0 unspecified atom stereocenters. The van der Waals surface area contributed by atoms with Crippen molar-refractivity contribution < 1.29 is 38.1 Å². The van der Waals surface area contributed by atoms with Gasteiger partial charge in [-0.15, -0.1) is 0 Å². The fourth-order valence-electron chi connectivity index (χ4n) is 2.09. The number of amides is 2. The van der Waals surface area contributed by atoms with Crippen molar-refractivity contribution in [1.82, 2.24) is 5.32 Å². The van der Waals surface area contributed by atoms with Crippen LogP contribution in [0.2, 0.25) is 0 Å². The van der Waals surface area contributed by atoms with Gasteiger partial charge in [-0.25, -0.2) is 14.4 Å². The summed E-state index contributed by atoms with van der Waals surface area (Å²) in [6.07, 6.45) is -2.29. The molecular weight excluding hydrogens is 396 g/mol. The molecule has 0 saturated carbocycles. The number of ether oxygens (including phenoxy) is 5. The van der Waals surface area contributed by atoms with Crippen LogP contribution in [-0.4, -0.2) is 55.2 Å². The zero-order chi connectivity index (χ0) is 23.2. The van der Waals surface area contributed by atoms with E-state index in [2.05, 4.69) is 16.9 Å². The van der Waals surface area contributed by atoms with Crippen LogP contribution in [0.3, 0.4) is 0 Å². The molecule has 0 aromatic heterocycles. The van der Waals surface area contributed by atoms with E-state index in [0.29, 0.717) is 5.76 Å². The highest BCUT2D eigenvalue weighted by atomic mass is 16.7. The summed E-state index contributed by atoms with van der Waals surface area (Å²) in [6, 6.07) is 0. The molecule has 0 spiro atoms. The first-order valence-electron chi connectivity index (χ1n) is 9.52. The first kappa shape index (κ1) is 25.3. The number of amidine groups is 1. The molecule has 0 atom stereocenters. The van der Waals surface area contributed by atoms with Gasteiger partial charge >= 0.3 is 18.3 Å². The van der Waals surface area contributed by atoms with E-state index < -0.39 is 35.0 Å². The van der Waals surface area contributed by atoms with E-state index in [4.69, 9.17) is 23.7 Å². The quantitative estimate of drug-likeness (QED) is 0.230. The van der Waals surface area contributed by atoms with Crippen LogP contribution < -0.4 is 5.32 Å². The van der Waals surface area contributed by atoms with Gasteiger partial charge in [-0.05, 0) is 48.5 Å². The van der Waals surface area contributed by atoms with Crippen molar-refractivity contribution in [2.75, 3.05) is 19.8 Å². The Morgan fingerprint density at radius 3 is 2.13 bits per heavy atom. The highest BCUT2D eigenvalue weighted by molar-refractivity contribution is 6.00. The van der Waals surface area contributed by atoms with Crippen LogP contribution in [-0.2, 0) is 23.7 Å². The number of aliphatic imine (C=N–C) groups is 1. The monoisotopic (exact) mass is 428 g/mol. The SMILES string of the molecule is C=C(OCCC(=NC(=O)OC(C)(C)C)NC(=O)OC(C)(C)C)C1(C)COC(=O)OC1. The minimum Gasteiger partial charge on any atom is -0.497 e. The van der Waals surface area contributed by atoms with Crippen LogP contribution in [0.15, 0.2) is 17.3 Å². The smallest absolute Gasteiger partial charge is 0.497 e. The number of carbonyl (C=O) groups is 3. The van der Waals surface area contributed by atoms with Crippen molar-refractivity contribution in [2.45, 2.75) is 66.1 Å². The highest BCUT2D eigenvalue weighted by Gasteiger charge is 2.37. The second-order valence-corrected chi connectivity index (χ2v) is 9.08. The van der Waals surface area contributed by atoms with E-state index in [1.807, 2.05) is 0 Å². The summed E-state index contributed by atoms with van der Waals surface area (Å²) in [7, 11) is 0. The maximum absolute atomic E-state index is 12.1. The molecule has 10 heteroatoms. The molecule has 1 aliphatic heterocycles. The maximum atomic E-state index is 12.1. The Labute approximate surface area is 176 Å². The Balaban J connectivity index is 2.74. The average molecular weight is 428 g/mol. The van der Waals surface area contributed by atoms with Crippen LogP contribution in [0, 0.1) is 5.41 Å². The number of cyclic esters (lactones) is 2. The molecule has 0 bridgehead atoms. The lowest BCUT2D eigenvalue weighted by Gasteiger charge is -2.33. The van der Waals surface area contributed by atoms with Crippen molar-refractivity contribution in [1.29, 1.82) is 0 Å². The number of alkyl carbamates (subject to hydrolysis) is 1. The number of nitrogens with one attached hydrogen (secondary N) is 1. The molecule has 10 nitrogen and oxygen atoms in total. The van der Waals surface area contributed by atoms with Gasteiger partial charge in [0.05, 0.1) is 12.0 Å². The van der Waals surface area contributed by atoms with E-state index in [1.165, 1.54) is 0 Å². The maximum Gasteiger partial charge on any atom is 0.508 e. The lowest BCUT2D eigenvalue weighted by atomic mass is 9.90. The molecule has 0 aromatic carbocycles. The van der Waals surface area contributed by atoms with Crippen molar-refractivity contribution in [3.63, 3.8) is 0 Å². The van der Waals surface area contributed by atoms with Crippen LogP contribution in [0.5, 0.6) is 0 Å². The Kier molecular flexibility index (Phi) is 8.26. The van der Waals surface area contributed by atoms with Crippen LogP contribution >= 0.6 is 0 Å². The summed E-state index contributed by atoms with van der Waals surface area (Å²) in [4.78, 5) is 39.0. The average Bonchev–Trinajstić information content (AvgIpc) is 2.53. The van der Waals surface area contributed by atoms with E-state index in [-0.39, 0.29) is 32.1 Å². The first-order chi connectivity index (χ1) is 13.6. The molecule has 30 heavy (non-hydrogen) atoms. The van der Waals surface area contributed by atoms with Crippen LogP contribution in [0.25, 0.3) is 0 Å². The Hall–Kier alpha value is -2.78. The van der Waals surface area contributed by atoms with Crippen LogP contribution in [0.1, 0.15) is 54.9 Å². The molecule has 1 saturated heterocycles. The van der Waals surface area contributed by atoms with Gasteiger partial charge in [0.2, 0.25) is 0 Å². The van der Waals surface area contributed by atoms with E-state index in [0.717, 1.165) is 0 Å². The van der Waals surface area contributed by atoms with E-state index in [1.54, 1.807) is 48.5 Å². The highest BCUT2D eigenvalue weighted by Crippen LogP contribution is 2.30. The third-order valence-corrected chi connectivity index (χ3v) is 3.57. The van der Waals surface area contributed by atoms with E-state index in [9.17, 15) is 14.4 Å². The summed E-state index contributed by atoms with van der Waals surface area (Å²) in [5.41, 5.74) is -2.18. The molecule has 0 aliphatic carbocycles. The number of hydrogen-bond donors (Lipinski definition) is 1. The van der Waals surface area contributed by atoms with Gasteiger partial charge in [-0.1, -0.05) is 6.58 Å². The summed E-state index contributed by atoms with van der Waals surface area (Å²) in [6.45, 7) is 16.1. The third-order valence-electron chi connectivity index (χ3n) is 3.57. The molecule has 1 fully saturated rings. The van der Waals surface area contributed by atoms with Crippen molar-refractivity contribution in [3.05, 3.63) is 12.3 Å². The van der Waals surface area contributed by atoms with Gasteiger partial charge in [0.1, 0.15) is 36.0 Å². The molecule has 1 rings (SSSR count). The normalized spacial score (nSPS) is 16.6. The Bertz CT molecular complexity index is 691. The van der Waals surface area contributed by atoms with Crippen molar-refractivity contribution >= 4 is 24.2 Å². The second-order valence-electron chi connectivity index (χ2n) is 9.08. The predicted octanol–water partition coefficient (Wildman–Crippen LogP) is 3.94. The molecule has 0 radical (unpaired) electrons. The number of carbonyl (C=O) groups excluding carboxylic acids is 3. The lowest BCUT2D eigenvalue weighted by Crippen LogP contribution is -2.39. The summed E-state index contributed by atoms with van der Waals surface area (Å²) in [5, 5.41) is 2.44. The predicted molar refractivity (Wildman–Crippen MR) is 108 cm³/mol. The van der Waals surface area contributed by atoms with Crippen molar-refractivity contribution in [2.24, 2.45) is 10.4 Å². The fraction of sp³-hybridized carbons (Fsp3) is 0.700. The number of nitrogens with zero attached hydrogens (tertiary/aromatic N) is 1. The summed E-state index contributed by atoms with van der Waals surface area (Å²) in [5.74, 6) is 0.353. The van der Waals surface area contributed by atoms with Gasteiger partial charge in [0.15, 0.2) is 0 Å². The van der Waals surface area contributed by atoms with Crippen LogP contribution in [0.4, 0.5) is 14.4 Å². The van der Waals surface area contributed by atoms with Crippen molar-refractivity contribution in [3.8, 4) is 0 Å². The molecule has 1 heterocycles. The minimum absolute atomic E-state index is 0.0165. The topological polar surface area (TPSA) is 122 Å². The van der Waals surface area contributed by atoms with Gasteiger partial charge in [0, 0.05) is 6.42 Å². The fourth-order valence-corrected chi connectivity index (χ4v) is 2.09. The Morgan fingerprint density at radius 2 is 1.63 bits per heavy atom. The molecule has 0 aromatic rings. The minimum atomic E-state index is -0.855. The largest absolute Gasteiger partial charge is 0.508 e. The van der Waals surface area contributed by atoms with Gasteiger partial charge in [-0.3, -0.25) is 5.32 Å². The van der Waals surface area contributed by atoms with Gasteiger partial charge in [0.25, 0.3) is 0 Å². The first-order valence-corrected chi connectivity index (χ1v) is 9.52. The standard InChI is InChI=1S/C20H32N2O8/c1-13(20(8)11-27-17(25)28-12-20)26-10-9-14(21-15(23)29-18(2,3)4)22-16(24)30-19(5,6)7/h1,9-12H2,2-8H3,(H,21,22,23,24). The zero-order valence-electron chi connectivity index (χ0n) is 18.7. The van der Waals surface area contributed by atoms with E-state index >= 15 is 0 Å². The molecule has 1 N–H and O–H groups in total. The number of hydrogen-bond acceptors (Lipinski definition) is 8. The number of rotatable bonds is 5. The Morgan fingerprint density at radius 1 is 1.10 bits per heavy atom. The van der Waals surface area contributed by atoms with Gasteiger partial charge in [-0.2, -0.15) is 4.99 Å². The molecule has 2 amide bonds. The summed E-state index contributed by atoms with van der Waals surface area (Å²) < 4.78 is 25.7. The molecule has 1 aliphatic rings. The molecular formula is C20H32N2O8. The molecule has 170 valence electrons. The lowest BCUT2D eigenvalue weighted by molar-refractivity contribution is -0.0568. The van der Waals surface area contributed by atoms with Gasteiger partial charge < -0.3 is 23.7 Å². The second kappa shape index (κ2) is 9.82.